The Hall–Kier alpha value is -2.34. The summed E-state index contributed by atoms with van der Waals surface area (Å²) < 4.78 is 0.948. The maximum atomic E-state index is 12.0. The highest BCUT2D eigenvalue weighted by molar-refractivity contribution is 9.10. The first-order valence-electron chi connectivity index (χ1n) is 8.18. The molecule has 0 heterocycles. The van der Waals surface area contributed by atoms with E-state index in [1.807, 2.05) is 38.1 Å². The normalized spacial score (nSPS) is 11.5. The van der Waals surface area contributed by atoms with E-state index in [9.17, 15) is 9.59 Å². The van der Waals surface area contributed by atoms with E-state index in [0.717, 1.165) is 16.6 Å². The molecule has 2 aromatic rings. The van der Waals surface area contributed by atoms with E-state index in [-0.39, 0.29) is 24.4 Å². The fraction of sp³-hybridized carbons (Fsp3) is 0.263. The van der Waals surface area contributed by atoms with Crippen molar-refractivity contribution in [1.82, 2.24) is 5.32 Å². The zero-order valence-electron chi connectivity index (χ0n) is 14.3. The second-order valence-electron chi connectivity index (χ2n) is 5.77. The van der Waals surface area contributed by atoms with Crippen LogP contribution < -0.4 is 16.0 Å². The Kier molecular flexibility index (Phi) is 7.01. The Morgan fingerprint density at radius 3 is 2.44 bits per heavy atom. The Morgan fingerprint density at radius 1 is 1.08 bits per heavy atom. The molecule has 2 amide bonds. The van der Waals surface area contributed by atoms with Crippen molar-refractivity contribution in [2.45, 2.75) is 26.3 Å². The smallest absolute Gasteiger partial charge is 0.251 e. The van der Waals surface area contributed by atoms with Crippen LogP contribution in [0.5, 0.6) is 0 Å². The zero-order valence-corrected chi connectivity index (χ0v) is 15.9. The SMILES string of the molecule is CCC(C)NC(=O)c1ccc(NC(=O)CNc2cccc(Br)c2)cc1. The number of hydrogen-bond acceptors (Lipinski definition) is 3. The molecule has 0 saturated heterocycles. The Morgan fingerprint density at radius 2 is 1.80 bits per heavy atom. The predicted octanol–water partition coefficient (Wildman–Crippen LogP) is 4.03. The number of nitrogens with one attached hydrogen (secondary N) is 3. The van der Waals surface area contributed by atoms with Gasteiger partial charge in [-0.3, -0.25) is 9.59 Å². The van der Waals surface area contributed by atoms with Crippen molar-refractivity contribution < 1.29 is 9.59 Å². The van der Waals surface area contributed by atoms with E-state index in [4.69, 9.17) is 0 Å². The minimum Gasteiger partial charge on any atom is -0.376 e. The van der Waals surface area contributed by atoms with Crippen LogP contribution >= 0.6 is 15.9 Å². The number of carbonyl (C=O) groups is 2. The fourth-order valence-electron chi connectivity index (χ4n) is 2.10. The molecule has 0 aromatic heterocycles. The van der Waals surface area contributed by atoms with Gasteiger partial charge in [0, 0.05) is 27.5 Å². The summed E-state index contributed by atoms with van der Waals surface area (Å²) in [7, 11) is 0. The van der Waals surface area contributed by atoms with Crippen molar-refractivity contribution in [1.29, 1.82) is 0 Å². The van der Waals surface area contributed by atoms with Crippen molar-refractivity contribution in [2.24, 2.45) is 0 Å². The molecule has 1 atom stereocenters. The van der Waals surface area contributed by atoms with Gasteiger partial charge < -0.3 is 16.0 Å². The minimum absolute atomic E-state index is 0.108. The lowest BCUT2D eigenvalue weighted by atomic mass is 10.1. The highest BCUT2D eigenvalue weighted by atomic mass is 79.9. The van der Waals surface area contributed by atoms with Crippen LogP contribution in [0.25, 0.3) is 0 Å². The lowest BCUT2D eigenvalue weighted by Gasteiger charge is -2.12. The monoisotopic (exact) mass is 403 g/mol. The highest BCUT2D eigenvalue weighted by Crippen LogP contribution is 2.15. The molecule has 2 rings (SSSR count). The molecule has 0 aliphatic rings. The van der Waals surface area contributed by atoms with E-state index >= 15 is 0 Å². The van der Waals surface area contributed by atoms with E-state index in [1.54, 1.807) is 24.3 Å². The van der Waals surface area contributed by atoms with Crippen LogP contribution in [0.1, 0.15) is 30.6 Å². The number of benzene rings is 2. The summed E-state index contributed by atoms with van der Waals surface area (Å²) in [5, 5.41) is 8.77. The quantitative estimate of drug-likeness (QED) is 0.653. The second-order valence-corrected chi connectivity index (χ2v) is 6.69. The van der Waals surface area contributed by atoms with Crippen LogP contribution in [0.3, 0.4) is 0 Å². The average Bonchev–Trinajstić information content (AvgIpc) is 2.60. The molecule has 5 nitrogen and oxygen atoms in total. The van der Waals surface area contributed by atoms with Gasteiger partial charge in [-0.2, -0.15) is 0 Å². The number of halogens is 1. The number of amides is 2. The van der Waals surface area contributed by atoms with Gasteiger partial charge >= 0.3 is 0 Å². The van der Waals surface area contributed by atoms with E-state index in [0.29, 0.717) is 11.3 Å². The largest absolute Gasteiger partial charge is 0.376 e. The highest BCUT2D eigenvalue weighted by Gasteiger charge is 2.09. The average molecular weight is 404 g/mol. The molecule has 3 N–H and O–H groups in total. The van der Waals surface area contributed by atoms with Crippen LogP contribution in [-0.4, -0.2) is 24.4 Å². The van der Waals surface area contributed by atoms with Crippen LogP contribution in [0, 0.1) is 0 Å². The molecule has 0 saturated carbocycles. The van der Waals surface area contributed by atoms with Crippen LogP contribution in [0.15, 0.2) is 53.0 Å². The maximum Gasteiger partial charge on any atom is 0.251 e. The lowest BCUT2D eigenvalue weighted by molar-refractivity contribution is -0.114. The molecule has 0 fully saturated rings. The number of hydrogen-bond donors (Lipinski definition) is 3. The summed E-state index contributed by atoms with van der Waals surface area (Å²) in [5.41, 5.74) is 2.09. The second kappa shape index (κ2) is 9.22. The van der Waals surface area contributed by atoms with Gasteiger partial charge in [-0.05, 0) is 55.8 Å². The van der Waals surface area contributed by atoms with Gasteiger partial charge in [0.1, 0.15) is 0 Å². The summed E-state index contributed by atoms with van der Waals surface area (Å²) >= 11 is 3.39. The maximum absolute atomic E-state index is 12.0. The molecule has 6 heteroatoms. The van der Waals surface area contributed by atoms with Gasteiger partial charge in [0.05, 0.1) is 6.54 Å². The van der Waals surface area contributed by atoms with Crippen LogP contribution in [0.4, 0.5) is 11.4 Å². The van der Waals surface area contributed by atoms with Crippen molar-refractivity contribution in [3.63, 3.8) is 0 Å². The lowest BCUT2D eigenvalue weighted by Crippen LogP contribution is -2.31. The third kappa shape index (κ3) is 6.23. The number of carbonyl (C=O) groups excluding carboxylic acids is 2. The Balaban J connectivity index is 1.85. The molecule has 25 heavy (non-hydrogen) atoms. The van der Waals surface area contributed by atoms with Gasteiger partial charge in [-0.25, -0.2) is 0 Å². The van der Waals surface area contributed by atoms with Crippen molar-refractivity contribution in [2.75, 3.05) is 17.2 Å². The molecule has 2 aromatic carbocycles. The number of anilines is 2. The van der Waals surface area contributed by atoms with Crippen LogP contribution in [-0.2, 0) is 4.79 Å². The van der Waals surface area contributed by atoms with Gasteiger partial charge in [0.2, 0.25) is 5.91 Å². The summed E-state index contributed by atoms with van der Waals surface area (Å²) in [6, 6.07) is 14.6. The zero-order chi connectivity index (χ0) is 18.2. The number of rotatable bonds is 7. The molecule has 0 aliphatic carbocycles. The topological polar surface area (TPSA) is 70.2 Å². The third-order valence-electron chi connectivity index (χ3n) is 3.70. The molecular weight excluding hydrogens is 382 g/mol. The van der Waals surface area contributed by atoms with Gasteiger partial charge in [-0.1, -0.05) is 28.9 Å². The third-order valence-corrected chi connectivity index (χ3v) is 4.19. The minimum atomic E-state index is -0.156. The molecule has 0 spiro atoms. The van der Waals surface area contributed by atoms with Crippen molar-refractivity contribution in [3.05, 3.63) is 58.6 Å². The van der Waals surface area contributed by atoms with E-state index in [1.165, 1.54) is 0 Å². The summed E-state index contributed by atoms with van der Waals surface area (Å²) in [6.45, 7) is 4.14. The van der Waals surface area contributed by atoms with E-state index < -0.39 is 0 Å². The molecule has 0 aliphatic heterocycles. The summed E-state index contributed by atoms with van der Waals surface area (Å²) in [4.78, 5) is 24.0. The predicted molar refractivity (Wildman–Crippen MR) is 105 cm³/mol. The first kappa shape index (κ1) is 19.0. The van der Waals surface area contributed by atoms with Gasteiger partial charge in [0.25, 0.3) is 5.91 Å². The summed E-state index contributed by atoms with van der Waals surface area (Å²) in [6.07, 6.45) is 0.880. The Labute approximate surface area is 156 Å². The van der Waals surface area contributed by atoms with Crippen molar-refractivity contribution >= 4 is 39.1 Å². The van der Waals surface area contributed by atoms with Crippen molar-refractivity contribution in [3.8, 4) is 0 Å². The molecule has 132 valence electrons. The van der Waals surface area contributed by atoms with Crippen LogP contribution in [0.2, 0.25) is 0 Å². The van der Waals surface area contributed by atoms with E-state index in [2.05, 4.69) is 31.9 Å². The summed E-state index contributed by atoms with van der Waals surface area (Å²) in [5.74, 6) is -0.264. The first-order valence-corrected chi connectivity index (χ1v) is 8.97. The fourth-order valence-corrected chi connectivity index (χ4v) is 2.50. The molecular formula is C19H22BrN3O2. The Bertz CT molecular complexity index is 732. The van der Waals surface area contributed by atoms with Gasteiger partial charge in [-0.15, -0.1) is 0 Å². The molecule has 1 unspecified atom stereocenters. The first-order chi connectivity index (χ1) is 12.0. The van der Waals surface area contributed by atoms with Gasteiger partial charge in [0.15, 0.2) is 0 Å². The molecule has 0 bridgehead atoms. The molecule has 0 radical (unpaired) electrons. The standard InChI is InChI=1S/C19H22BrN3O2/c1-3-13(2)22-19(25)14-7-9-16(10-8-14)23-18(24)12-21-17-6-4-5-15(20)11-17/h4-11,13,21H,3,12H2,1-2H3,(H,22,25)(H,23,24).